The predicted molar refractivity (Wildman–Crippen MR) is 99.5 cm³/mol. The van der Waals surface area contributed by atoms with Gasteiger partial charge in [0, 0.05) is 31.9 Å². The van der Waals surface area contributed by atoms with Gasteiger partial charge >= 0.3 is 5.97 Å². The minimum atomic E-state index is -3.74. The second kappa shape index (κ2) is 9.16. The number of aliphatic carboxylic acids is 1. The minimum Gasteiger partial charge on any atom is -0.480 e. The molecule has 0 saturated carbocycles. The maximum absolute atomic E-state index is 12.8. The summed E-state index contributed by atoms with van der Waals surface area (Å²) in [5.74, 6) is -1.81. The number of amides is 1. The van der Waals surface area contributed by atoms with Crippen molar-refractivity contribution in [1.82, 2.24) is 9.62 Å². The number of morpholine rings is 1. The second-order valence-electron chi connectivity index (χ2n) is 5.94. The molecule has 1 aromatic rings. The molecular weight excluding hydrogens is 374 g/mol. The Labute approximate surface area is 159 Å². The molecule has 0 aromatic heterocycles. The van der Waals surface area contributed by atoms with E-state index in [0.29, 0.717) is 45.1 Å². The third-order valence-electron chi connectivity index (χ3n) is 4.31. The maximum Gasteiger partial charge on any atom is 0.322 e. The van der Waals surface area contributed by atoms with Gasteiger partial charge in [0.15, 0.2) is 0 Å². The van der Waals surface area contributed by atoms with Crippen LogP contribution < -0.4 is 10.2 Å². The first kappa shape index (κ1) is 21.1. The molecule has 9 nitrogen and oxygen atoms in total. The number of benzene rings is 1. The highest BCUT2D eigenvalue weighted by Gasteiger charge is 2.26. The van der Waals surface area contributed by atoms with Crippen molar-refractivity contribution in [1.29, 1.82) is 0 Å². The number of carboxylic acid groups (broad SMARTS) is 1. The molecule has 1 heterocycles. The van der Waals surface area contributed by atoms with E-state index in [1.165, 1.54) is 16.4 Å². The summed E-state index contributed by atoms with van der Waals surface area (Å²) >= 11 is 0. The molecule has 27 heavy (non-hydrogen) atoms. The third kappa shape index (κ3) is 4.96. The summed E-state index contributed by atoms with van der Waals surface area (Å²) in [6.45, 7) is 5.66. The van der Waals surface area contributed by atoms with Crippen LogP contribution in [0.1, 0.15) is 24.2 Å². The molecule has 1 fully saturated rings. The topological polar surface area (TPSA) is 116 Å². The summed E-state index contributed by atoms with van der Waals surface area (Å²) in [6.07, 6.45) is 0. The van der Waals surface area contributed by atoms with Crippen LogP contribution >= 0.6 is 0 Å². The number of carbonyl (C=O) groups excluding carboxylic acids is 1. The van der Waals surface area contributed by atoms with Crippen molar-refractivity contribution in [3.63, 3.8) is 0 Å². The smallest absolute Gasteiger partial charge is 0.322 e. The van der Waals surface area contributed by atoms with Crippen molar-refractivity contribution in [2.45, 2.75) is 18.7 Å². The van der Waals surface area contributed by atoms with Crippen molar-refractivity contribution < 1.29 is 27.9 Å². The maximum atomic E-state index is 12.8. The molecule has 10 heteroatoms. The average molecular weight is 399 g/mol. The number of carboxylic acids is 1. The Hall–Kier alpha value is -2.17. The summed E-state index contributed by atoms with van der Waals surface area (Å²) < 4.78 is 32.2. The van der Waals surface area contributed by atoms with Crippen LogP contribution in [-0.2, 0) is 19.6 Å². The van der Waals surface area contributed by atoms with Gasteiger partial charge in [0.05, 0.1) is 23.7 Å². The highest BCUT2D eigenvalue weighted by molar-refractivity contribution is 7.89. The fraction of sp³-hybridized carbons (Fsp3) is 0.529. The molecule has 1 aliphatic heterocycles. The zero-order chi connectivity index (χ0) is 20.0. The lowest BCUT2D eigenvalue weighted by Gasteiger charge is -2.30. The van der Waals surface area contributed by atoms with Gasteiger partial charge in [-0.05, 0) is 18.2 Å². The Morgan fingerprint density at radius 3 is 2.41 bits per heavy atom. The zero-order valence-corrected chi connectivity index (χ0v) is 16.3. The largest absolute Gasteiger partial charge is 0.480 e. The number of ether oxygens (including phenoxy) is 1. The molecule has 1 aromatic carbocycles. The number of hydrogen-bond donors (Lipinski definition) is 2. The number of nitrogens with one attached hydrogen (secondary N) is 1. The van der Waals surface area contributed by atoms with E-state index in [1.807, 2.05) is 4.90 Å². The first-order valence-electron chi connectivity index (χ1n) is 8.78. The Balaban J connectivity index is 2.46. The highest BCUT2D eigenvalue weighted by Crippen LogP contribution is 2.26. The summed E-state index contributed by atoms with van der Waals surface area (Å²) in [7, 11) is -3.74. The Morgan fingerprint density at radius 2 is 1.85 bits per heavy atom. The first-order chi connectivity index (χ1) is 12.8. The Bertz CT molecular complexity index is 786. The fourth-order valence-corrected chi connectivity index (χ4v) is 4.39. The number of rotatable bonds is 8. The molecule has 2 rings (SSSR count). The van der Waals surface area contributed by atoms with E-state index in [2.05, 4.69) is 5.32 Å². The minimum absolute atomic E-state index is 0.00341. The average Bonchev–Trinajstić information content (AvgIpc) is 2.67. The molecular formula is C17H25N3O6S. The van der Waals surface area contributed by atoms with Gasteiger partial charge in [0.1, 0.15) is 6.54 Å². The second-order valence-corrected chi connectivity index (χ2v) is 7.88. The Morgan fingerprint density at radius 1 is 1.22 bits per heavy atom. The fourth-order valence-electron chi connectivity index (χ4n) is 2.90. The molecule has 0 unspecified atom stereocenters. The van der Waals surface area contributed by atoms with Crippen molar-refractivity contribution in [2.24, 2.45) is 0 Å². The monoisotopic (exact) mass is 399 g/mol. The van der Waals surface area contributed by atoms with E-state index in [0.717, 1.165) is 0 Å². The van der Waals surface area contributed by atoms with Crippen LogP contribution in [0, 0.1) is 0 Å². The molecule has 0 radical (unpaired) electrons. The molecule has 1 aliphatic rings. The van der Waals surface area contributed by atoms with E-state index in [4.69, 9.17) is 9.84 Å². The van der Waals surface area contributed by atoms with Crippen LogP contribution in [0.4, 0.5) is 5.69 Å². The van der Waals surface area contributed by atoms with Crippen LogP contribution in [0.5, 0.6) is 0 Å². The van der Waals surface area contributed by atoms with Gasteiger partial charge in [0.25, 0.3) is 5.91 Å². The summed E-state index contributed by atoms with van der Waals surface area (Å²) in [4.78, 5) is 25.3. The zero-order valence-electron chi connectivity index (χ0n) is 15.5. The van der Waals surface area contributed by atoms with E-state index < -0.39 is 28.4 Å². The van der Waals surface area contributed by atoms with E-state index in [1.54, 1.807) is 19.9 Å². The quantitative estimate of drug-likeness (QED) is 0.649. The Kier molecular flexibility index (Phi) is 7.17. The van der Waals surface area contributed by atoms with E-state index >= 15 is 0 Å². The van der Waals surface area contributed by atoms with Gasteiger partial charge in [0.2, 0.25) is 10.0 Å². The van der Waals surface area contributed by atoms with Crippen LogP contribution in [0.2, 0.25) is 0 Å². The highest BCUT2D eigenvalue weighted by atomic mass is 32.2. The molecule has 0 spiro atoms. The van der Waals surface area contributed by atoms with Crippen molar-refractivity contribution >= 4 is 27.6 Å². The number of nitrogens with zero attached hydrogens (tertiary/aromatic N) is 2. The number of sulfonamides is 1. The van der Waals surface area contributed by atoms with Gasteiger partial charge in [-0.1, -0.05) is 13.8 Å². The molecule has 0 bridgehead atoms. The molecule has 2 N–H and O–H groups in total. The predicted octanol–water partition coefficient (Wildman–Crippen LogP) is 0.368. The lowest BCUT2D eigenvalue weighted by Crippen LogP contribution is -2.38. The first-order valence-corrected chi connectivity index (χ1v) is 10.2. The van der Waals surface area contributed by atoms with E-state index in [9.17, 15) is 18.0 Å². The molecule has 1 saturated heterocycles. The molecule has 0 aliphatic carbocycles. The van der Waals surface area contributed by atoms with Crippen LogP contribution in [0.15, 0.2) is 23.1 Å². The van der Waals surface area contributed by atoms with Crippen molar-refractivity contribution in [3.8, 4) is 0 Å². The van der Waals surface area contributed by atoms with Crippen LogP contribution in [0.25, 0.3) is 0 Å². The standard InChI is InChI=1S/C17H25N3O6S/c1-3-20(4-2)27(24,25)13-5-6-15(19-7-9-26-10-8-19)14(11-13)17(23)18-12-16(21)22/h5-6,11H,3-4,7-10,12H2,1-2H3,(H,18,23)(H,21,22). The van der Waals surface area contributed by atoms with Crippen molar-refractivity contribution in [3.05, 3.63) is 23.8 Å². The van der Waals surface area contributed by atoms with Gasteiger partial charge in [-0.3, -0.25) is 9.59 Å². The van der Waals surface area contributed by atoms with Crippen molar-refractivity contribution in [2.75, 3.05) is 50.8 Å². The molecule has 1 amide bonds. The van der Waals surface area contributed by atoms with Gasteiger partial charge in [-0.2, -0.15) is 4.31 Å². The van der Waals surface area contributed by atoms with E-state index in [-0.39, 0.29) is 10.5 Å². The van der Waals surface area contributed by atoms with Gasteiger partial charge < -0.3 is 20.1 Å². The number of carbonyl (C=O) groups is 2. The summed E-state index contributed by atoms with van der Waals surface area (Å²) in [5.41, 5.74) is 0.686. The van der Waals surface area contributed by atoms with Gasteiger partial charge in [-0.25, -0.2) is 8.42 Å². The van der Waals surface area contributed by atoms with Crippen LogP contribution in [0.3, 0.4) is 0 Å². The summed E-state index contributed by atoms with van der Waals surface area (Å²) in [6, 6.07) is 4.39. The lowest BCUT2D eigenvalue weighted by atomic mass is 10.1. The number of hydrogen-bond acceptors (Lipinski definition) is 6. The summed E-state index contributed by atoms with van der Waals surface area (Å²) in [5, 5.41) is 11.1. The normalized spacial score (nSPS) is 15.0. The van der Waals surface area contributed by atoms with Gasteiger partial charge in [-0.15, -0.1) is 0 Å². The third-order valence-corrected chi connectivity index (χ3v) is 6.35. The molecule has 150 valence electrons. The van der Waals surface area contributed by atoms with Crippen LogP contribution in [-0.4, -0.2) is 75.6 Å². The molecule has 0 atom stereocenters. The lowest BCUT2D eigenvalue weighted by molar-refractivity contribution is -0.135. The SMILES string of the molecule is CCN(CC)S(=O)(=O)c1ccc(N2CCOCC2)c(C(=O)NCC(=O)O)c1. The number of anilines is 1.